The Morgan fingerprint density at radius 2 is 2.18 bits per heavy atom. The van der Waals surface area contributed by atoms with Crippen molar-refractivity contribution in [2.24, 2.45) is 5.92 Å². The summed E-state index contributed by atoms with van der Waals surface area (Å²) in [5.41, 5.74) is 4.20. The lowest BCUT2D eigenvalue weighted by atomic mass is 10.1. The van der Waals surface area contributed by atoms with Gasteiger partial charge in [0.25, 0.3) is 0 Å². The smallest absolute Gasteiger partial charge is 0.228 e. The van der Waals surface area contributed by atoms with Crippen LogP contribution in [0.25, 0.3) is 22.2 Å². The zero-order valence-corrected chi connectivity index (χ0v) is 13.8. The third kappa shape index (κ3) is 2.64. The van der Waals surface area contributed by atoms with Crippen molar-refractivity contribution in [1.29, 1.82) is 0 Å². The van der Waals surface area contributed by atoms with Crippen LogP contribution in [0.4, 0.5) is 5.13 Å². The molecule has 0 fully saturated rings. The Labute approximate surface area is 133 Å². The summed E-state index contributed by atoms with van der Waals surface area (Å²) in [6.07, 6.45) is 0.825. The third-order valence-corrected chi connectivity index (χ3v) is 4.70. The van der Waals surface area contributed by atoms with Gasteiger partial charge in [-0.3, -0.25) is 4.79 Å². The van der Waals surface area contributed by atoms with E-state index < -0.39 is 0 Å². The molecule has 2 heterocycles. The van der Waals surface area contributed by atoms with Gasteiger partial charge in [-0.25, -0.2) is 4.98 Å². The molecule has 3 aromatic rings. The molecule has 1 amide bonds. The number of anilines is 1. The Bertz CT molecular complexity index is 818. The second-order valence-corrected chi connectivity index (χ2v) is 6.37. The molecule has 0 aliphatic heterocycles. The summed E-state index contributed by atoms with van der Waals surface area (Å²) in [7, 11) is 0. The van der Waals surface area contributed by atoms with Gasteiger partial charge >= 0.3 is 0 Å². The number of nitrogens with one attached hydrogen (secondary N) is 2. The van der Waals surface area contributed by atoms with E-state index in [0.29, 0.717) is 5.13 Å². The van der Waals surface area contributed by atoms with Gasteiger partial charge in [0.05, 0.1) is 5.69 Å². The second-order valence-electron chi connectivity index (χ2n) is 5.51. The van der Waals surface area contributed by atoms with Gasteiger partial charge in [0, 0.05) is 33.5 Å². The van der Waals surface area contributed by atoms with E-state index in [4.69, 9.17) is 0 Å². The molecule has 5 heteroatoms. The maximum absolute atomic E-state index is 12.0. The van der Waals surface area contributed by atoms with Gasteiger partial charge in [0.2, 0.25) is 5.91 Å². The molecule has 2 N–H and O–H groups in total. The van der Waals surface area contributed by atoms with E-state index in [1.54, 1.807) is 0 Å². The Morgan fingerprint density at radius 3 is 2.95 bits per heavy atom. The van der Waals surface area contributed by atoms with E-state index >= 15 is 0 Å². The fraction of sp³-hybridized carbons (Fsp3) is 0.294. The van der Waals surface area contributed by atoms with E-state index in [0.717, 1.165) is 34.3 Å². The average Bonchev–Trinajstić information content (AvgIpc) is 3.09. The number of benzene rings is 1. The molecule has 1 aromatic carbocycles. The summed E-state index contributed by atoms with van der Waals surface area (Å²) in [5.74, 6) is 0.0289. The number of rotatable bonds is 4. The summed E-state index contributed by atoms with van der Waals surface area (Å²) in [5, 5.41) is 6.71. The molecule has 114 valence electrons. The Balaban J connectivity index is 1.93. The first kappa shape index (κ1) is 14.8. The second kappa shape index (κ2) is 5.93. The van der Waals surface area contributed by atoms with Crippen molar-refractivity contribution in [2.75, 3.05) is 5.32 Å². The molecule has 22 heavy (non-hydrogen) atoms. The van der Waals surface area contributed by atoms with Crippen LogP contribution in [0.2, 0.25) is 0 Å². The fourth-order valence-electron chi connectivity index (χ4n) is 2.47. The third-order valence-electron chi connectivity index (χ3n) is 3.94. The minimum Gasteiger partial charge on any atom is -0.358 e. The summed E-state index contributed by atoms with van der Waals surface area (Å²) in [6.45, 7) is 5.98. The first-order valence-electron chi connectivity index (χ1n) is 7.44. The van der Waals surface area contributed by atoms with Gasteiger partial charge < -0.3 is 10.3 Å². The first-order valence-corrected chi connectivity index (χ1v) is 8.32. The predicted molar refractivity (Wildman–Crippen MR) is 92.2 cm³/mol. The highest BCUT2D eigenvalue weighted by Gasteiger charge is 2.16. The molecule has 0 saturated heterocycles. The molecule has 1 atom stereocenters. The largest absolute Gasteiger partial charge is 0.358 e. The molecule has 0 radical (unpaired) electrons. The number of aromatic nitrogens is 2. The number of para-hydroxylation sites is 1. The zero-order chi connectivity index (χ0) is 15.7. The highest BCUT2D eigenvalue weighted by Crippen LogP contribution is 2.33. The van der Waals surface area contributed by atoms with Gasteiger partial charge in [0.1, 0.15) is 0 Å². The molecule has 1 unspecified atom stereocenters. The SMILES string of the molecule is CCC(C)C(=O)Nc1nc(-c2c(C)[nH]c3ccccc23)cs1. The Morgan fingerprint density at radius 1 is 1.41 bits per heavy atom. The average molecular weight is 313 g/mol. The number of nitrogens with zero attached hydrogens (tertiary/aromatic N) is 1. The normalized spacial score (nSPS) is 12.5. The maximum Gasteiger partial charge on any atom is 0.228 e. The fourth-order valence-corrected chi connectivity index (χ4v) is 3.17. The van der Waals surface area contributed by atoms with Crippen LogP contribution in [0.1, 0.15) is 26.0 Å². The predicted octanol–water partition coefficient (Wildman–Crippen LogP) is 4.58. The summed E-state index contributed by atoms with van der Waals surface area (Å²) in [6, 6.07) is 8.19. The number of carbonyl (C=O) groups is 1. The van der Waals surface area contributed by atoms with Crippen LogP contribution in [0, 0.1) is 12.8 Å². The molecular formula is C17H19N3OS. The summed E-state index contributed by atoms with van der Waals surface area (Å²) in [4.78, 5) is 19.9. The lowest BCUT2D eigenvalue weighted by Gasteiger charge is -2.06. The van der Waals surface area contributed by atoms with Crippen LogP contribution < -0.4 is 5.32 Å². The zero-order valence-electron chi connectivity index (χ0n) is 12.9. The van der Waals surface area contributed by atoms with Crippen LogP contribution in [-0.2, 0) is 4.79 Å². The summed E-state index contributed by atoms with van der Waals surface area (Å²) < 4.78 is 0. The number of amides is 1. The van der Waals surface area contributed by atoms with Crippen LogP contribution in [0.15, 0.2) is 29.6 Å². The molecule has 0 saturated carbocycles. The van der Waals surface area contributed by atoms with Gasteiger partial charge in [-0.1, -0.05) is 32.0 Å². The van der Waals surface area contributed by atoms with Gasteiger partial charge in [-0.15, -0.1) is 11.3 Å². The van der Waals surface area contributed by atoms with Gasteiger partial charge in [-0.2, -0.15) is 0 Å². The molecule has 0 aliphatic rings. The highest BCUT2D eigenvalue weighted by atomic mass is 32.1. The number of H-pyrrole nitrogens is 1. The van der Waals surface area contributed by atoms with Crippen molar-refractivity contribution in [3.63, 3.8) is 0 Å². The van der Waals surface area contributed by atoms with Gasteiger partial charge in [0.15, 0.2) is 5.13 Å². The Hall–Kier alpha value is -2.14. The topological polar surface area (TPSA) is 57.8 Å². The molecule has 4 nitrogen and oxygen atoms in total. The van der Waals surface area contributed by atoms with Crippen molar-refractivity contribution in [3.05, 3.63) is 35.3 Å². The van der Waals surface area contributed by atoms with Crippen LogP contribution in [0.3, 0.4) is 0 Å². The monoisotopic (exact) mass is 313 g/mol. The van der Waals surface area contributed by atoms with E-state index in [1.165, 1.54) is 11.3 Å². The van der Waals surface area contributed by atoms with Crippen molar-refractivity contribution in [2.45, 2.75) is 27.2 Å². The highest BCUT2D eigenvalue weighted by molar-refractivity contribution is 7.14. The van der Waals surface area contributed by atoms with E-state index in [-0.39, 0.29) is 11.8 Å². The molecular weight excluding hydrogens is 294 g/mol. The number of thiazole rings is 1. The van der Waals surface area contributed by atoms with Crippen molar-refractivity contribution in [1.82, 2.24) is 9.97 Å². The molecule has 0 aliphatic carbocycles. The lowest BCUT2D eigenvalue weighted by Crippen LogP contribution is -2.19. The lowest BCUT2D eigenvalue weighted by molar-refractivity contribution is -0.119. The van der Waals surface area contributed by atoms with Crippen molar-refractivity contribution in [3.8, 4) is 11.3 Å². The van der Waals surface area contributed by atoms with E-state index in [2.05, 4.69) is 27.4 Å². The number of hydrogen-bond donors (Lipinski definition) is 2. The van der Waals surface area contributed by atoms with Crippen LogP contribution in [0.5, 0.6) is 0 Å². The minimum absolute atomic E-state index is 0.00201. The van der Waals surface area contributed by atoms with Crippen LogP contribution >= 0.6 is 11.3 Å². The number of fused-ring (bicyclic) bond motifs is 1. The van der Waals surface area contributed by atoms with E-state index in [1.807, 2.05) is 38.3 Å². The first-order chi connectivity index (χ1) is 10.6. The molecule has 0 bridgehead atoms. The molecule has 0 spiro atoms. The van der Waals surface area contributed by atoms with E-state index in [9.17, 15) is 4.79 Å². The van der Waals surface area contributed by atoms with Crippen molar-refractivity contribution < 1.29 is 4.79 Å². The number of aromatic amines is 1. The molecule has 2 aromatic heterocycles. The number of aryl methyl sites for hydroxylation is 1. The van der Waals surface area contributed by atoms with Crippen molar-refractivity contribution >= 4 is 33.3 Å². The standard InChI is InChI=1S/C17H19N3OS/c1-4-10(2)16(21)20-17-19-14(9-22-17)15-11(3)18-13-8-6-5-7-12(13)15/h5-10,18H,4H2,1-3H3,(H,19,20,21). The minimum atomic E-state index is 0.00201. The summed E-state index contributed by atoms with van der Waals surface area (Å²) >= 11 is 1.46. The van der Waals surface area contributed by atoms with Gasteiger partial charge in [-0.05, 0) is 19.4 Å². The van der Waals surface area contributed by atoms with Crippen LogP contribution in [-0.4, -0.2) is 15.9 Å². The Kier molecular flexibility index (Phi) is 3.98. The quantitative estimate of drug-likeness (QED) is 0.740. The number of carbonyl (C=O) groups excluding carboxylic acids is 1. The number of hydrogen-bond acceptors (Lipinski definition) is 3. The molecule has 3 rings (SSSR count). The maximum atomic E-state index is 12.0.